The number of nitrogens with zero attached hydrogens (tertiary/aromatic N) is 2. The number of ether oxygens (including phenoxy) is 2. The van der Waals surface area contributed by atoms with Crippen LogP contribution < -0.4 is 14.4 Å². The van der Waals surface area contributed by atoms with Crippen molar-refractivity contribution in [1.82, 2.24) is 4.90 Å². The normalized spacial score (nSPS) is 15.1. The molecule has 1 aliphatic rings. The topological polar surface area (TPSA) is 62.2 Å². The highest BCUT2D eigenvalue weighted by Gasteiger charge is 2.36. The van der Waals surface area contributed by atoms with Crippen LogP contribution in [0.2, 0.25) is 5.02 Å². The van der Waals surface area contributed by atoms with Gasteiger partial charge < -0.3 is 19.5 Å². The molecule has 1 heterocycles. The third kappa shape index (κ3) is 6.57. The molecule has 0 aromatic heterocycles. The van der Waals surface area contributed by atoms with Gasteiger partial charge in [0.05, 0.1) is 26.0 Å². The van der Waals surface area contributed by atoms with Crippen LogP contribution in [-0.2, 0) is 4.79 Å². The Morgan fingerprint density at radius 1 is 1.18 bits per heavy atom. The maximum atomic E-state index is 12.6. The van der Waals surface area contributed by atoms with Crippen LogP contribution in [0.1, 0.15) is 44.0 Å². The average molecular weight is 493 g/mol. The highest BCUT2D eigenvalue weighted by Crippen LogP contribution is 2.54. The van der Waals surface area contributed by atoms with E-state index in [0.717, 1.165) is 54.2 Å². The van der Waals surface area contributed by atoms with Gasteiger partial charge in [0.15, 0.2) is 0 Å². The van der Waals surface area contributed by atoms with Gasteiger partial charge in [-0.25, -0.2) is 0 Å². The minimum atomic E-state index is -0.267. The van der Waals surface area contributed by atoms with E-state index >= 15 is 0 Å². The Kier molecular flexibility index (Phi) is 9.74. The second-order valence-corrected chi connectivity index (χ2v) is 9.55. The fourth-order valence-corrected chi connectivity index (χ4v) is 5.56. The van der Waals surface area contributed by atoms with Crippen LogP contribution in [0.25, 0.3) is 0 Å². The zero-order chi connectivity index (χ0) is 23.8. The molecule has 0 saturated heterocycles. The van der Waals surface area contributed by atoms with E-state index in [0.29, 0.717) is 23.9 Å². The van der Waals surface area contributed by atoms with Crippen molar-refractivity contribution in [3.05, 3.63) is 47.0 Å². The van der Waals surface area contributed by atoms with Gasteiger partial charge in [-0.3, -0.25) is 9.69 Å². The second-order valence-electron chi connectivity index (χ2n) is 8.00. The second kappa shape index (κ2) is 12.5. The van der Waals surface area contributed by atoms with Crippen molar-refractivity contribution < 1.29 is 19.4 Å². The number of hydrogen-bond donors (Lipinski definition) is 1. The molecule has 0 fully saturated rings. The van der Waals surface area contributed by atoms with Gasteiger partial charge in [0.1, 0.15) is 16.9 Å². The summed E-state index contributed by atoms with van der Waals surface area (Å²) >= 11 is 7.79. The molecule has 3 rings (SSSR count). The predicted molar refractivity (Wildman–Crippen MR) is 135 cm³/mol. The molecule has 1 atom stereocenters. The van der Waals surface area contributed by atoms with Gasteiger partial charge in [-0.05, 0) is 55.8 Å². The summed E-state index contributed by atoms with van der Waals surface area (Å²) in [5.74, 6) is 1.41. The van der Waals surface area contributed by atoms with Gasteiger partial charge in [-0.1, -0.05) is 36.7 Å². The van der Waals surface area contributed by atoms with Crippen LogP contribution in [-0.4, -0.2) is 55.9 Å². The first-order valence-corrected chi connectivity index (χ1v) is 12.6. The molecule has 0 radical (unpaired) electrons. The Labute approximate surface area is 205 Å². The zero-order valence-corrected chi connectivity index (χ0v) is 21.1. The van der Waals surface area contributed by atoms with Crippen molar-refractivity contribution in [3.63, 3.8) is 0 Å². The molecule has 0 aliphatic carbocycles. The Balaban J connectivity index is 1.76. The smallest absolute Gasteiger partial charge is 0.225 e. The Bertz CT molecular complexity index is 943. The van der Waals surface area contributed by atoms with Gasteiger partial charge in [0.2, 0.25) is 5.91 Å². The van der Waals surface area contributed by atoms with Crippen LogP contribution in [0.5, 0.6) is 11.5 Å². The van der Waals surface area contributed by atoms with Crippen molar-refractivity contribution in [2.24, 2.45) is 0 Å². The van der Waals surface area contributed by atoms with Crippen molar-refractivity contribution in [1.29, 1.82) is 0 Å². The number of halogens is 1. The molecule has 0 spiro atoms. The molecule has 8 heteroatoms. The summed E-state index contributed by atoms with van der Waals surface area (Å²) in [6, 6.07) is 11.3. The van der Waals surface area contributed by atoms with Crippen molar-refractivity contribution in [3.8, 4) is 11.5 Å². The predicted octanol–water partition coefficient (Wildman–Crippen LogP) is 5.37. The van der Waals surface area contributed by atoms with E-state index in [4.69, 9.17) is 21.1 Å². The summed E-state index contributed by atoms with van der Waals surface area (Å²) in [7, 11) is 1.63. The molecule has 0 bridgehead atoms. The molecular weight excluding hydrogens is 460 g/mol. The van der Waals surface area contributed by atoms with Crippen LogP contribution in [0.15, 0.2) is 41.3 Å². The van der Waals surface area contributed by atoms with E-state index in [1.54, 1.807) is 36.8 Å². The summed E-state index contributed by atoms with van der Waals surface area (Å²) in [4.78, 5) is 17.6. The number of aliphatic hydroxyl groups is 1. The monoisotopic (exact) mass is 492 g/mol. The average Bonchev–Trinajstić information content (AvgIpc) is 3.18. The number of thioether (sulfide) groups is 1. The van der Waals surface area contributed by atoms with Gasteiger partial charge in [-0.15, -0.1) is 0 Å². The number of unbranched alkanes of at least 4 members (excludes halogenated alkanes) is 1. The number of benzene rings is 2. The zero-order valence-electron chi connectivity index (χ0n) is 19.6. The van der Waals surface area contributed by atoms with E-state index in [2.05, 4.69) is 11.8 Å². The molecule has 2 aromatic carbocycles. The Morgan fingerprint density at radius 2 is 1.97 bits per heavy atom. The lowest BCUT2D eigenvalue weighted by molar-refractivity contribution is -0.116. The summed E-state index contributed by atoms with van der Waals surface area (Å²) in [5.41, 5.74) is 1.74. The van der Waals surface area contributed by atoms with Crippen molar-refractivity contribution in [2.75, 3.05) is 44.9 Å². The number of amides is 1. The maximum absolute atomic E-state index is 12.6. The molecule has 0 saturated carbocycles. The minimum absolute atomic E-state index is 0.0436. The molecule has 33 heavy (non-hydrogen) atoms. The molecule has 180 valence electrons. The van der Waals surface area contributed by atoms with E-state index in [-0.39, 0.29) is 17.9 Å². The first kappa shape index (κ1) is 25.7. The summed E-state index contributed by atoms with van der Waals surface area (Å²) in [6.07, 6.45) is 3.10. The number of methoxy groups -OCH3 is 1. The molecular formula is C25H33ClN2O4S. The van der Waals surface area contributed by atoms with E-state index in [1.165, 1.54) is 0 Å². The summed E-state index contributed by atoms with van der Waals surface area (Å²) < 4.78 is 11.7. The standard InChI is InChI=1S/C25H33ClN2O4S/c1-4-5-11-27(13-14-29)12-6-15-32-23-10-8-20(31-3)17-21(23)25-28(18(2)30)22-9-7-19(26)16-24(22)33-25/h7-10,16-17,25,29H,4-6,11-15H2,1-3H3. The first-order chi connectivity index (χ1) is 16.0. The van der Waals surface area contributed by atoms with Gasteiger partial charge in [-0.2, -0.15) is 0 Å². The molecule has 1 N–H and O–H groups in total. The fourth-order valence-electron chi connectivity index (χ4n) is 3.92. The van der Waals surface area contributed by atoms with Crippen LogP contribution in [0.4, 0.5) is 5.69 Å². The lowest BCUT2D eigenvalue weighted by Gasteiger charge is -2.26. The Hall–Kier alpha value is -1.93. The number of aliphatic hydroxyl groups excluding tert-OH is 1. The highest BCUT2D eigenvalue weighted by atomic mass is 35.5. The number of anilines is 1. The number of carbonyl (C=O) groups excluding carboxylic acids is 1. The van der Waals surface area contributed by atoms with Crippen molar-refractivity contribution in [2.45, 2.75) is 43.4 Å². The lowest BCUT2D eigenvalue weighted by Crippen LogP contribution is -2.30. The summed E-state index contributed by atoms with van der Waals surface area (Å²) in [6.45, 7) is 6.99. The SMILES string of the molecule is CCCCN(CCO)CCCOc1ccc(OC)cc1C1Sc2cc(Cl)ccc2N1C(C)=O. The third-order valence-corrected chi connectivity index (χ3v) is 7.10. The quantitative estimate of drug-likeness (QED) is 0.402. The van der Waals surface area contributed by atoms with E-state index < -0.39 is 0 Å². The summed E-state index contributed by atoms with van der Waals surface area (Å²) in [5, 5.41) is 9.69. The van der Waals surface area contributed by atoms with Gasteiger partial charge >= 0.3 is 0 Å². The lowest BCUT2D eigenvalue weighted by atomic mass is 10.1. The van der Waals surface area contributed by atoms with E-state index in [1.807, 2.05) is 30.3 Å². The van der Waals surface area contributed by atoms with Crippen LogP contribution in [0, 0.1) is 0 Å². The number of rotatable bonds is 12. The fraction of sp³-hybridized carbons (Fsp3) is 0.480. The highest BCUT2D eigenvalue weighted by molar-refractivity contribution is 8.00. The largest absolute Gasteiger partial charge is 0.497 e. The molecule has 1 aliphatic heterocycles. The number of fused-ring (bicyclic) bond motifs is 1. The third-order valence-electron chi connectivity index (χ3n) is 5.60. The van der Waals surface area contributed by atoms with Gasteiger partial charge in [0, 0.05) is 35.5 Å². The molecule has 1 unspecified atom stereocenters. The molecule has 6 nitrogen and oxygen atoms in total. The van der Waals surface area contributed by atoms with Gasteiger partial charge in [0.25, 0.3) is 0 Å². The Morgan fingerprint density at radius 3 is 2.67 bits per heavy atom. The van der Waals surface area contributed by atoms with Crippen LogP contribution in [0.3, 0.4) is 0 Å². The minimum Gasteiger partial charge on any atom is -0.497 e. The molecule has 2 aromatic rings. The van der Waals surface area contributed by atoms with E-state index in [9.17, 15) is 9.90 Å². The number of hydrogen-bond acceptors (Lipinski definition) is 6. The van der Waals surface area contributed by atoms with Crippen molar-refractivity contribution >= 4 is 35.0 Å². The first-order valence-electron chi connectivity index (χ1n) is 11.4. The number of carbonyl (C=O) groups is 1. The maximum Gasteiger partial charge on any atom is 0.225 e. The van der Waals surface area contributed by atoms with Crippen LogP contribution >= 0.6 is 23.4 Å². The molecule has 1 amide bonds.